The first kappa shape index (κ1) is 11.9. The minimum atomic E-state index is 0.573. The molecule has 21 heavy (non-hydrogen) atoms. The molecule has 4 nitrogen and oxygen atoms in total. The molecule has 0 aliphatic carbocycles. The molecule has 0 amide bonds. The van der Waals surface area contributed by atoms with Crippen molar-refractivity contribution in [2.75, 3.05) is 5.73 Å². The van der Waals surface area contributed by atoms with E-state index in [1.54, 1.807) is 0 Å². The molecule has 0 unspecified atom stereocenters. The molecule has 4 aromatic rings. The molecule has 102 valence electrons. The van der Waals surface area contributed by atoms with Crippen LogP contribution < -0.4 is 5.73 Å². The number of aryl methyl sites for hydroxylation is 1. The van der Waals surface area contributed by atoms with Crippen LogP contribution in [0, 0.1) is 6.92 Å². The van der Waals surface area contributed by atoms with Gasteiger partial charge in [-0.25, -0.2) is 4.98 Å². The standard InChI is InChI=1S/C17H14N4/c1-11-17(18)20-16-7-6-13(10-21(11)16)14-8-12-4-2-3-5-15(12)19-9-14/h2-10H,18H2,1H3. The summed E-state index contributed by atoms with van der Waals surface area (Å²) in [6.07, 6.45) is 3.96. The van der Waals surface area contributed by atoms with Gasteiger partial charge in [0.15, 0.2) is 0 Å². The van der Waals surface area contributed by atoms with Crippen molar-refractivity contribution in [1.29, 1.82) is 0 Å². The average molecular weight is 274 g/mol. The average Bonchev–Trinajstić information content (AvgIpc) is 2.81. The molecule has 0 saturated carbocycles. The fourth-order valence-corrected chi connectivity index (χ4v) is 2.58. The van der Waals surface area contributed by atoms with Gasteiger partial charge in [-0.15, -0.1) is 0 Å². The predicted molar refractivity (Wildman–Crippen MR) is 85.1 cm³/mol. The van der Waals surface area contributed by atoms with Crippen LogP contribution in [0.15, 0.2) is 54.9 Å². The van der Waals surface area contributed by atoms with E-state index in [1.165, 1.54) is 0 Å². The quantitative estimate of drug-likeness (QED) is 0.578. The third-order valence-corrected chi connectivity index (χ3v) is 3.82. The minimum absolute atomic E-state index is 0.573. The zero-order chi connectivity index (χ0) is 14.4. The van der Waals surface area contributed by atoms with Crippen molar-refractivity contribution < 1.29 is 0 Å². The predicted octanol–water partition coefficient (Wildman–Crippen LogP) is 3.44. The maximum Gasteiger partial charge on any atom is 0.145 e. The summed E-state index contributed by atoms with van der Waals surface area (Å²) in [6, 6.07) is 14.3. The number of nitrogens with zero attached hydrogens (tertiary/aromatic N) is 3. The van der Waals surface area contributed by atoms with Crippen molar-refractivity contribution in [3.05, 3.63) is 60.6 Å². The largest absolute Gasteiger partial charge is 0.382 e. The van der Waals surface area contributed by atoms with Crippen LogP contribution in [0.4, 0.5) is 5.82 Å². The van der Waals surface area contributed by atoms with Crippen LogP contribution in [0.5, 0.6) is 0 Å². The Hall–Kier alpha value is -2.88. The highest BCUT2D eigenvalue weighted by Crippen LogP contribution is 2.24. The van der Waals surface area contributed by atoms with Gasteiger partial charge in [-0.05, 0) is 31.2 Å². The van der Waals surface area contributed by atoms with Crippen molar-refractivity contribution >= 4 is 22.4 Å². The molecular formula is C17H14N4. The van der Waals surface area contributed by atoms with Gasteiger partial charge >= 0.3 is 0 Å². The highest BCUT2D eigenvalue weighted by atomic mass is 15.1. The second kappa shape index (κ2) is 4.31. The molecule has 0 atom stereocenters. The fourth-order valence-electron chi connectivity index (χ4n) is 2.58. The SMILES string of the molecule is Cc1c(N)nc2ccc(-c3cnc4ccccc4c3)cn12. The molecule has 4 rings (SSSR count). The maximum atomic E-state index is 5.87. The van der Waals surface area contributed by atoms with Crippen LogP contribution in [0.1, 0.15) is 5.69 Å². The summed E-state index contributed by atoms with van der Waals surface area (Å²) in [4.78, 5) is 8.84. The minimum Gasteiger partial charge on any atom is -0.382 e. The van der Waals surface area contributed by atoms with Crippen LogP contribution in [0.2, 0.25) is 0 Å². The van der Waals surface area contributed by atoms with Crippen LogP contribution in [0.25, 0.3) is 27.7 Å². The molecule has 0 aliphatic rings. The number of hydrogen-bond acceptors (Lipinski definition) is 3. The van der Waals surface area contributed by atoms with E-state index in [1.807, 2.05) is 47.9 Å². The number of anilines is 1. The third-order valence-electron chi connectivity index (χ3n) is 3.82. The van der Waals surface area contributed by atoms with E-state index < -0.39 is 0 Å². The Morgan fingerprint density at radius 3 is 2.81 bits per heavy atom. The number of nitrogens with two attached hydrogens (primary N) is 1. The lowest BCUT2D eigenvalue weighted by atomic mass is 10.1. The number of benzene rings is 1. The van der Waals surface area contributed by atoms with Gasteiger partial charge in [-0.1, -0.05) is 18.2 Å². The van der Waals surface area contributed by atoms with Crippen LogP contribution in [-0.4, -0.2) is 14.4 Å². The van der Waals surface area contributed by atoms with Gasteiger partial charge in [-0.2, -0.15) is 0 Å². The molecular weight excluding hydrogens is 260 g/mol. The smallest absolute Gasteiger partial charge is 0.145 e. The number of pyridine rings is 2. The highest BCUT2D eigenvalue weighted by Gasteiger charge is 2.07. The molecule has 0 spiro atoms. The summed E-state index contributed by atoms with van der Waals surface area (Å²) in [7, 11) is 0. The van der Waals surface area contributed by atoms with Gasteiger partial charge in [0.2, 0.25) is 0 Å². The number of fused-ring (bicyclic) bond motifs is 2. The number of aromatic nitrogens is 3. The van der Waals surface area contributed by atoms with Crippen molar-refractivity contribution in [2.24, 2.45) is 0 Å². The topological polar surface area (TPSA) is 56.2 Å². The Bertz CT molecular complexity index is 969. The molecule has 0 aliphatic heterocycles. The Kier molecular flexibility index (Phi) is 2.44. The molecule has 0 radical (unpaired) electrons. The van der Waals surface area contributed by atoms with E-state index in [4.69, 9.17) is 5.73 Å². The van der Waals surface area contributed by atoms with E-state index in [9.17, 15) is 0 Å². The summed E-state index contributed by atoms with van der Waals surface area (Å²) in [5, 5.41) is 1.14. The van der Waals surface area contributed by atoms with E-state index >= 15 is 0 Å². The number of rotatable bonds is 1. The van der Waals surface area contributed by atoms with Crippen molar-refractivity contribution in [2.45, 2.75) is 6.92 Å². The lowest BCUT2D eigenvalue weighted by molar-refractivity contribution is 1.11. The molecule has 4 heteroatoms. The van der Waals surface area contributed by atoms with Gasteiger partial charge in [0.1, 0.15) is 11.5 Å². The van der Waals surface area contributed by atoms with E-state index in [0.717, 1.165) is 33.4 Å². The number of imidazole rings is 1. The van der Waals surface area contributed by atoms with Crippen LogP contribution in [-0.2, 0) is 0 Å². The Morgan fingerprint density at radius 2 is 1.90 bits per heavy atom. The summed E-state index contributed by atoms with van der Waals surface area (Å²) >= 11 is 0. The first-order valence-electron chi connectivity index (χ1n) is 6.82. The first-order chi connectivity index (χ1) is 10.2. The number of para-hydroxylation sites is 1. The van der Waals surface area contributed by atoms with E-state index in [2.05, 4.69) is 28.3 Å². The van der Waals surface area contributed by atoms with Crippen molar-refractivity contribution in [3.8, 4) is 11.1 Å². The monoisotopic (exact) mass is 274 g/mol. The van der Waals surface area contributed by atoms with Gasteiger partial charge in [0.25, 0.3) is 0 Å². The fraction of sp³-hybridized carbons (Fsp3) is 0.0588. The molecule has 3 heterocycles. The van der Waals surface area contributed by atoms with Gasteiger partial charge in [-0.3, -0.25) is 4.98 Å². The number of hydrogen-bond donors (Lipinski definition) is 1. The zero-order valence-corrected chi connectivity index (χ0v) is 11.6. The highest BCUT2D eigenvalue weighted by molar-refractivity contribution is 5.83. The first-order valence-corrected chi connectivity index (χ1v) is 6.82. The van der Waals surface area contributed by atoms with E-state index in [0.29, 0.717) is 5.82 Å². The Labute approximate surface area is 121 Å². The maximum absolute atomic E-state index is 5.87. The van der Waals surface area contributed by atoms with Gasteiger partial charge in [0.05, 0.1) is 11.2 Å². The van der Waals surface area contributed by atoms with Gasteiger partial charge in [0, 0.05) is 28.9 Å². The summed E-state index contributed by atoms with van der Waals surface area (Å²) in [5.41, 5.74) is 10.9. The Morgan fingerprint density at radius 1 is 1.05 bits per heavy atom. The van der Waals surface area contributed by atoms with Crippen molar-refractivity contribution in [1.82, 2.24) is 14.4 Å². The third kappa shape index (κ3) is 1.84. The Balaban J connectivity index is 1.92. The second-order valence-corrected chi connectivity index (χ2v) is 5.15. The molecule has 0 fully saturated rings. The van der Waals surface area contributed by atoms with Crippen LogP contribution in [0.3, 0.4) is 0 Å². The normalized spacial score (nSPS) is 11.3. The molecule has 3 aromatic heterocycles. The zero-order valence-electron chi connectivity index (χ0n) is 11.6. The van der Waals surface area contributed by atoms with E-state index in [-0.39, 0.29) is 0 Å². The summed E-state index contributed by atoms with van der Waals surface area (Å²) in [6.45, 7) is 1.97. The molecule has 0 saturated heterocycles. The summed E-state index contributed by atoms with van der Waals surface area (Å²) in [5.74, 6) is 0.573. The number of nitrogen functional groups attached to an aromatic ring is 1. The molecule has 2 N–H and O–H groups in total. The van der Waals surface area contributed by atoms with Gasteiger partial charge < -0.3 is 10.1 Å². The molecule has 0 bridgehead atoms. The lowest BCUT2D eigenvalue weighted by Gasteiger charge is -2.05. The summed E-state index contributed by atoms with van der Waals surface area (Å²) < 4.78 is 2.01. The lowest BCUT2D eigenvalue weighted by Crippen LogP contribution is -1.91. The molecule has 1 aromatic carbocycles. The van der Waals surface area contributed by atoms with Crippen molar-refractivity contribution in [3.63, 3.8) is 0 Å². The van der Waals surface area contributed by atoms with Crippen LogP contribution >= 0.6 is 0 Å². The second-order valence-electron chi connectivity index (χ2n) is 5.15.